The second-order valence-corrected chi connectivity index (χ2v) is 6.34. The van der Waals surface area contributed by atoms with Crippen molar-refractivity contribution in [2.75, 3.05) is 12.4 Å². The maximum atomic E-state index is 12.4. The van der Waals surface area contributed by atoms with E-state index in [0.717, 1.165) is 15.2 Å². The number of para-hydroxylation sites is 3. The molecule has 5 nitrogen and oxygen atoms in total. The lowest BCUT2D eigenvalue weighted by atomic mass is 10.3. The van der Waals surface area contributed by atoms with Crippen molar-refractivity contribution in [2.24, 2.45) is 0 Å². The molecule has 0 unspecified atom stereocenters. The van der Waals surface area contributed by atoms with E-state index in [1.54, 1.807) is 31.4 Å². The van der Waals surface area contributed by atoms with Crippen LogP contribution in [0.5, 0.6) is 5.75 Å². The summed E-state index contributed by atoms with van der Waals surface area (Å²) in [7, 11) is 1.56. The van der Waals surface area contributed by atoms with Crippen LogP contribution in [0.3, 0.4) is 0 Å². The minimum absolute atomic E-state index is 0.222. The van der Waals surface area contributed by atoms with Gasteiger partial charge in [-0.1, -0.05) is 24.3 Å². The number of methoxy groups -OCH3 is 1. The molecule has 0 spiro atoms. The molecule has 0 saturated heterocycles. The van der Waals surface area contributed by atoms with Gasteiger partial charge in [0.05, 0.1) is 23.0 Å². The predicted molar refractivity (Wildman–Crippen MR) is 98.3 cm³/mol. The monoisotopic (exact) mass is 350 g/mol. The minimum Gasteiger partial charge on any atom is -0.495 e. The van der Waals surface area contributed by atoms with Crippen LogP contribution in [-0.2, 0) is 0 Å². The van der Waals surface area contributed by atoms with Crippen LogP contribution in [0.25, 0.3) is 21.0 Å². The molecule has 0 bridgehead atoms. The molecular formula is C19H14N2O3S. The number of fused-ring (bicyclic) bond motifs is 1. The fourth-order valence-corrected chi connectivity index (χ4v) is 3.41. The molecule has 1 amide bonds. The van der Waals surface area contributed by atoms with Gasteiger partial charge < -0.3 is 14.5 Å². The number of aromatic nitrogens is 1. The molecular weight excluding hydrogens is 336 g/mol. The third kappa shape index (κ3) is 2.99. The lowest BCUT2D eigenvalue weighted by molar-refractivity contribution is 0.0997. The van der Waals surface area contributed by atoms with E-state index < -0.39 is 0 Å². The standard InChI is InChI=1S/C19H14N2O3S/c1-23-14-8-4-2-6-12(14)20-18(22)15-10-11-16(24-15)19-21-13-7-3-5-9-17(13)25-19/h2-11H,1H3,(H,20,22). The van der Waals surface area contributed by atoms with Gasteiger partial charge in [-0.25, -0.2) is 4.98 Å². The summed E-state index contributed by atoms with van der Waals surface area (Å²) >= 11 is 1.53. The molecule has 0 atom stereocenters. The van der Waals surface area contributed by atoms with Crippen LogP contribution >= 0.6 is 11.3 Å². The number of hydrogen-bond acceptors (Lipinski definition) is 5. The van der Waals surface area contributed by atoms with Crippen molar-refractivity contribution in [3.8, 4) is 16.5 Å². The Hall–Kier alpha value is -3.12. The second kappa shape index (κ2) is 6.41. The molecule has 0 aliphatic heterocycles. The number of furan rings is 1. The lowest BCUT2D eigenvalue weighted by Crippen LogP contribution is -2.11. The van der Waals surface area contributed by atoms with Crippen molar-refractivity contribution >= 4 is 33.1 Å². The van der Waals surface area contributed by atoms with E-state index in [9.17, 15) is 4.79 Å². The molecule has 0 aliphatic carbocycles. The first-order valence-electron chi connectivity index (χ1n) is 7.65. The van der Waals surface area contributed by atoms with E-state index in [0.29, 0.717) is 17.2 Å². The van der Waals surface area contributed by atoms with Gasteiger partial charge in [0.25, 0.3) is 5.91 Å². The SMILES string of the molecule is COc1ccccc1NC(=O)c1ccc(-c2nc3ccccc3s2)o1. The topological polar surface area (TPSA) is 64.4 Å². The predicted octanol–water partition coefficient (Wildman–Crippen LogP) is 4.82. The molecule has 6 heteroatoms. The minimum atomic E-state index is -0.336. The van der Waals surface area contributed by atoms with E-state index in [1.807, 2.05) is 36.4 Å². The van der Waals surface area contributed by atoms with E-state index in [4.69, 9.17) is 9.15 Å². The highest BCUT2D eigenvalue weighted by molar-refractivity contribution is 7.21. The maximum absolute atomic E-state index is 12.4. The van der Waals surface area contributed by atoms with Crippen LogP contribution in [0.4, 0.5) is 5.69 Å². The third-order valence-corrected chi connectivity index (χ3v) is 4.74. The van der Waals surface area contributed by atoms with Gasteiger partial charge in [0.2, 0.25) is 0 Å². The molecule has 2 heterocycles. The third-order valence-electron chi connectivity index (χ3n) is 3.69. The fourth-order valence-electron chi connectivity index (χ4n) is 2.48. The number of carbonyl (C=O) groups is 1. The van der Waals surface area contributed by atoms with Gasteiger partial charge in [0.15, 0.2) is 16.5 Å². The van der Waals surface area contributed by atoms with Gasteiger partial charge in [-0.05, 0) is 36.4 Å². The zero-order valence-electron chi connectivity index (χ0n) is 13.4. The maximum Gasteiger partial charge on any atom is 0.291 e. The molecule has 2 aromatic heterocycles. The Bertz CT molecular complexity index is 1020. The summed E-state index contributed by atoms with van der Waals surface area (Å²) in [6.07, 6.45) is 0. The molecule has 2 aromatic carbocycles. The van der Waals surface area contributed by atoms with E-state index in [1.165, 1.54) is 11.3 Å². The fraction of sp³-hybridized carbons (Fsp3) is 0.0526. The average Bonchev–Trinajstić information content (AvgIpc) is 3.29. The van der Waals surface area contributed by atoms with Gasteiger partial charge in [-0.2, -0.15) is 0 Å². The number of nitrogens with zero attached hydrogens (tertiary/aromatic N) is 1. The Morgan fingerprint density at radius 2 is 1.88 bits per heavy atom. The van der Waals surface area contributed by atoms with Crippen molar-refractivity contribution in [2.45, 2.75) is 0 Å². The highest BCUT2D eigenvalue weighted by Crippen LogP contribution is 2.31. The zero-order valence-corrected chi connectivity index (χ0v) is 14.2. The summed E-state index contributed by atoms with van der Waals surface area (Å²) in [6, 6.07) is 18.5. The molecule has 4 aromatic rings. The summed E-state index contributed by atoms with van der Waals surface area (Å²) in [5, 5.41) is 3.54. The molecule has 4 rings (SSSR count). The van der Waals surface area contributed by atoms with E-state index in [2.05, 4.69) is 10.3 Å². The van der Waals surface area contributed by atoms with Gasteiger partial charge in [-0.15, -0.1) is 11.3 Å². The van der Waals surface area contributed by atoms with Crippen LogP contribution in [0.2, 0.25) is 0 Å². The van der Waals surface area contributed by atoms with Crippen LogP contribution in [0, 0.1) is 0 Å². The Morgan fingerprint density at radius 3 is 2.72 bits per heavy atom. The lowest BCUT2D eigenvalue weighted by Gasteiger charge is -2.08. The van der Waals surface area contributed by atoms with Crippen molar-refractivity contribution in [3.05, 3.63) is 66.4 Å². The molecule has 0 saturated carbocycles. The number of anilines is 1. The number of nitrogens with one attached hydrogen (secondary N) is 1. The van der Waals surface area contributed by atoms with Crippen LogP contribution in [-0.4, -0.2) is 18.0 Å². The van der Waals surface area contributed by atoms with Crippen molar-refractivity contribution in [1.29, 1.82) is 0 Å². The molecule has 0 aliphatic rings. The number of rotatable bonds is 4. The van der Waals surface area contributed by atoms with Crippen molar-refractivity contribution < 1.29 is 13.9 Å². The zero-order chi connectivity index (χ0) is 17.2. The van der Waals surface area contributed by atoms with Crippen LogP contribution in [0.1, 0.15) is 10.6 Å². The number of thiazole rings is 1. The summed E-state index contributed by atoms with van der Waals surface area (Å²) in [4.78, 5) is 17.0. The number of hydrogen-bond donors (Lipinski definition) is 1. The number of carbonyl (C=O) groups excluding carboxylic acids is 1. The van der Waals surface area contributed by atoms with Gasteiger partial charge in [0.1, 0.15) is 5.75 Å². The number of benzene rings is 2. The number of ether oxygens (including phenoxy) is 1. The van der Waals surface area contributed by atoms with E-state index >= 15 is 0 Å². The Morgan fingerprint density at radius 1 is 1.08 bits per heavy atom. The molecule has 124 valence electrons. The van der Waals surface area contributed by atoms with Crippen molar-refractivity contribution in [1.82, 2.24) is 4.98 Å². The summed E-state index contributed by atoms with van der Waals surface area (Å²) in [5.41, 5.74) is 1.51. The van der Waals surface area contributed by atoms with Crippen LogP contribution in [0.15, 0.2) is 65.1 Å². The largest absolute Gasteiger partial charge is 0.495 e. The Kier molecular flexibility index (Phi) is 3.95. The molecule has 0 radical (unpaired) electrons. The summed E-state index contributed by atoms with van der Waals surface area (Å²) in [5.74, 6) is 1.05. The van der Waals surface area contributed by atoms with Crippen molar-refractivity contribution in [3.63, 3.8) is 0 Å². The quantitative estimate of drug-likeness (QED) is 0.573. The summed E-state index contributed by atoms with van der Waals surface area (Å²) < 4.78 is 12.0. The van der Waals surface area contributed by atoms with Gasteiger partial charge in [-0.3, -0.25) is 4.79 Å². The number of amides is 1. The molecule has 1 N–H and O–H groups in total. The Balaban J connectivity index is 1.59. The highest BCUT2D eigenvalue weighted by atomic mass is 32.1. The van der Waals surface area contributed by atoms with E-state index in [-0.39, 0.29) is 11.7 Å². The smallest absolute Gasteiger partial charge is 0.291 e. The highest BCUT2D eigenvalue weighted by Gasteiger charge is 2.16. The van der Waals surface area contributed by atoms with Crippen LogP contribution < -0.4 is 10.1 Å². The first kappa shape index (κ1) is 15.4. The molecule has 25 heavy (non-hydrogen) atoms. The Labute approximate surface area is 147 Å². The van der Waals surface area contributed by atoms with Gasteiger partial charge in [0, 0.05) is 0 Å². The summed E-state index contributed by atoms with van der Waals surface area (Å²) in [6.45, 7) is 0. The van der Waals surface area contributed by atoms with Gasteiger partial charge >= 0.3 is 0 Å². The first-order chi connectivity index (χ1) is 12.2. The normalized spacial score (nSPS) is 10.8. The molecule has 0 fully saturated rings. The second-order valence-electron chi connectivity index (χ2n) is 5.31. The average molecular weight is 350 g/mol. The first-order valence-corrected chi connectivity index (χ1v) is 8.46.